The van der Waals surface area contributed by atoms with Crippen LogP contribution in [0, 0.1) is 0 Å². The van der Waals surface area contributed by atoms with Crippen LogP contribution in [-0.4, -0.2) is 21.7 Å². The number of carbonyl (C=O) groups is 2. The largest absolute Gasteiger partial charge is 0.506 e. The molecular weight excluding hydrogens is 326 g/mol. The molecule has 4 nitrogen and oxygen atoms in total. The van der Waals surface area contributed by atoms with Crippen LogP contribution in [-0.2, 0) is 0 Å². The molecule has 0 saturated heterocycles. The fraction of sp³-hybridized carbons (Fsp3) is 0.0455. The highest BCUT2D eigenvalue weighted by Gasteiger charge is 2.40. The Kier molecular flexibility index (Phi) is 2.97. The Morgan fingerprint density at radius 2 is 1.35 bits per heavy atom. The molecule has 0 spiro atoms. The van der Waals surface area contributed by atoms with Crippen LogP contribution in [0.15, 0.2) is 66.7 Å². The number of aromatic hydroxyl groups is 1. The highest BCUT2D eigenvalue weighted by molar-refractivity contribution is 6.30. The first-order chi connectivity index (χ1) is 12.6. The molecular formula is C22H13NO3. The third-order valence-electron chi connectivity index (χ3n) is 4.96. The number of pyridine rings is 1. The van der Waals surface area contributed by atoms with Gasteiger partial charge in [-0.25, -0.2) is 4.98 Å². The molecule has 1 aliphatic carbocycles. The number of aromatic nitrogens is 1. The van der Waals surface area contributed by atoms with Gasteiger partial charge >= 0.3 is 0 Å². The van der Waals surface area contributed by atoms with Crippen molar-refractivity contribution >= 4 is 33.2 Å². The summed E-state index contributed by atoms with van der Waals surface area (Å²) in [7, 11) is 0. The molecule has 0 unspecified atom stereocenters. The molecule has 5 rings (SSSR count). The van der Waals surface area contributed by atoms with Crippen molar-refractivity contribution in [3.63, 3.8) is 0 Å². The molecule has 1 heterocycles. The molecule has 0 fully saturated rings. The zero-order valence-electron chi connectivity index (χ0n) is 13.6. The maximum atomic E-state index is 12.9. The minimum Gasteiger partial charge on any atom is -0.506 e. The highest BCUT2D eigenvalue weighted by atomic mass is 16.3. The van der Waals surface area contributed by atoms with E-state index in [1.165, 1.54) is 0 Å². The monoisotopic (exact) mass is 339 g/mol. The molecule has 0 amide bonds. The Balaban J connectivity index is 1.69. The number of Topliss-reactive ketones (excluding diaryl/α,β-unsaturated/α-hetero) is 2. The Morgan fingerprint density at radius 1 is 0.731 bits per heavy atom. The van der Waals surface area contributed by atoms with Crippen LogP contribution in [0.4, 0.5) is 0 Å². The van der Waals surface area contributed by atoms with Crippen LogP contribution in [0.3, 0.4) is 0 Å². The van der Waals surface area contributed by atoms with Gasteiger partial charge in [0.15, 0.2) is 11.6 Å². The van der Waals surface area contributed by atoms with Crippen LogP contribution in [0.2, 0.25) is 0 Å². The van der Waals surface area contributed by atoms with Crippen LogP contribution in [0.1, 0.15) is 32.3 Å². The average molecular weight is 339 g/mol. The van der Waals surface area contributed by atoms with E-state index < -0.39 is 5.92 Å². The Morgan fingerprint density at radius 3 is 2.00 bits per heavy atom. The summed E-state index contributed by atoms with van der Waals surface area (Å²) >= 11 is 0. The van der Waals surface area contributed by atoms with Gasteiger partial charge in [0.1, 0.15) is 17.2 Å². The van der Waals surface area contributed by atoms with Gasteiger partial charge in [-0.15, -0.1) is 0 Å². The smallest absolute Gasteiger partial charge is 0.180 e. The predicted molar refractivity (Wildman–Crippen MR) is 98.8 cm³/mol. The van der Waals surface area contributed by atoms with Gasteiger partial charge in [0.25, 0.3) is 0 Å². The van der Waals surface area contributed by atoms with E-state index >= 15 is 0 Å². The van der Waals surface area contributed by atoms with Crippen LogP contribution in [0.25, 0.3) is 21.7 Å². The lowest BCUT2D eigenvalue weighted by molar-refractivity contribution is 0.0888. The van der Waals surface area contributed by atoms with Crippen molar-refractivity contribution in [1.29, 1.82) is 0 Å². The summed E-state index contributed by atoms with van der Waals surface area (Å²) in [6.45, 7) is 0. The molecule has 1 aliphatic rings. The molecule has 4 heteroatoms. The van der Waals surface area contributed by atoms with Crippen LogP contribution in [0.5, 0.6) is 5.75 Å². The zero-order chi connectivity index (χ0) is 17.8. The van der Waals surface area contributed by atoms with Gasteiger partial charge in [-0.1, -0.05) is 42.5 Å². The molecule has 3 aromatic carbocycles. The van der Waals surface area contributed by atoms with Crippen molar-refractivity contribution in [2.75, 3.05) is 0 Å². The van der Waals surface area contributed by atoms with E-state index in [4.69, 9.17) is 0 Å². The summed E-state index contributed by atoms with van der Waals surface area (Å²) < 4.78 is 0. The number of ketones is 2. The molecule has 0 atom stereocenters. The third kappa shape index (κ3) is 1.99. The molecule has 1 aromatic heterocycles. The second kappa shape index (κ2) is 5.23. The number of para-hydroxylation sites is 1. The van der Waals surface area contributed by atoms with Crippen molar-refractivity contribution in [2.45, 2.75) is 5.92 Å². The van der Waals surface area contributed by atoms with Crippen LogP contribution < -0.4 is 0 Å². The molecule has 0 radical (unpaired) electrons. The summed E-state index contributed by atoms with van der Waals surface area (Å²) in [5.41, 5.74) is 1.65. The lowest BCUT2D eigenvalue weighted by Crippen LogP contribution is -2.14. The quantitative estimate of drug-likeness (QED) is 0.526. The second-order valence-corrected chi connectivity index (χ2v) is 6.49. The third-order valence-corrected chi connectivity index (χ3v) is 4.96. The molecule has 1 N–H and O–H groups in total. The van der Waals surface area contributed by atoms with Crippen molar-refractivity contribution in [3.05, 3.63) is 83.6 Å². The van der Waals surface area contributed by atoms with Gasteiger partial charge in [0.2, 0.25) is 0 Å². The number of rotatable bonds is 1. The summed E-state index contributed by atoms with van der Waals surface area (Å²) in [6.07, 6.45) is 0. The zero-order valence-corrected chi connectivity index (χ0v) is 13.6. The van der Waals surface area contributed by atoms with E-state index in [0.717, 1.165) is 16.2 Å². The van der Waals surface area contributed by atoms with E-state index in [1.807, 2.05) is 30.3 Å². The first kappa shape index (κ1) is 14.8. The first-order valence-corrected chi connectivity index (χ1v) is 8.33. The number of phenols is 1. The topological polar surface area (TPSA) is 67.3 Å². The van der Waals surface area contributed by atoms with Gasteiger partial charge < -0.3 is 5.11 Å². The lowest BCUT2D eigenvalue weighted by atomic mass is 9.98. The summed E-state index contributed by atoms with van der Waals surface area (Å²) in [6, 6.07) is 19.8. The number of hydrogen-bond donors (Lipinski definition) is 1. The number of nitrogens with zero attached hydrogens (tertiary/aromatic N) is 1. The lowest BCUT2D eigenvalue weighted by Gasteiger charge is -2.08. The van der Waals surface area contributed by atoms with Crippen molar-refractivity contribution < 1.29 is 14.7 Å². The molecule has 26 heavy (non-hydrogen) atoms. The normalized spacial score (nSPS) is 14.3. The maximum Gasteiger partial charge on any atom is 0.180 e. The Bertz CT molecular complexity index is 1190. The summed E-state index contributed by atoms with van der Waals surface area (Å²) in [5.74, 6) is -1.40. The average Bonchev–Trinajstić information content (AvgIpc) is 2.90. The minimum absolute atomic E-state index is 0.0329. The van der Waals surface area contributed by atoms with Gasteiger partial charge in [-0.3, -0.25) is 9.59 Å². The van der Waals surface area contributed by atoms with Crippen LogP contribution >= 0.6 is 0 Å². The van der Waals surface area contributed by atoms with Crippen molar-refractivity contribution in [1.82, 2.24) is 4.98 Å². The van der Waals surface area contributed by atoms with Crippen molar-refractivity contribution in [3.8, 4) is 5.75 Å². The highest BCUT2D eigenvalue weighted by Crippen LogP contribution is 2.36. The number of benzene rings is 3. The molecule has 0 saturated carbocycles. The number of phenolic OH excluding ortho intramolecular Hbond substituents is 1. The van der Waals surface area contributed by atoms with Crippen molar-refractivity contribution in [2.24, 2.45) is 0 Å². The molecule has 4 aromatic rings. The number of fused-ring (bicyclic) bond motifs is 3. The predicted octanol–water partition coefficient (Wildman–Crippen LogP) is 4.26. The van der Waals surface area contributed by atoms with E-state index in [1.54, 1.807) is 36.4 Å². The van der Waals surface area contributed by atoms with Gasteiger partial charge in [-0.2, -0.15) is 0 Å². The van der Waals surface area contributed by atoms with Gasteiger partial charge in [0, 0.05) is 16.5 Å². The second-order valence-electron chi connectivity index (χ2n) is 6.49. The standard InChI is InChI=1S/C22H13NO3/c24-18-7-3-6-12-8-9-17(23-20(12)18)19-21(25)15-10-13-4-1-2-5-14(13)11-16(15)22(19)26/h1-11,19,24H. The summed E-state index contributed by atoms with van der Waals surface area (Å²) in [4.78, 5) is 30.3. The van der Waals surface area contributed by atoms with E-state index in [0.29, 0.717) is 22.3 Å². The minimum atomic E-state index is -0.953. The SMILES string of the molecule is O=C1c2cc3ccccc3cc2C(=O)C1c1ccc2cccc(O)c2n1. The Labute approximate surface area is 148 Å². The fourth-order valence-electron chi connectivity index (χ4n) is 3.65. The van der Waals surface area contributed by atoms with Gasteiger partial charge in [-0.05, 0) is 35.0 Å². The summed E-state index contributed by atoms with van der Waals surface area (Å²) in [5, 5.41) is 12.7. The van der Waals surface area contributed by atoms with E-state index in [-0.39, 0.29) is 17.3 Å². The fourth-order valence-corrected chi connectivity index (χ4v) is 3.65. The maximum absolute atomic E-state index is 12.9. The molecule has 0 aliphatic heterocycles. The number of hydrogen-bond acceptors (Lipinski definition) is 4. The first-order valence-electron chi connectivity index (χ1n) is 8.33. The van der Waals surface area contributed by atoms with Gasteiger partial charge in [0.05, 0.1) is 5.69 Å². The Hall–Kier alpha value is -3.53. The number of carbonyl (C=O) groups excluding carboxylic acids is 2. The molecule has 0 bridgehead atoms. The van der Waals surface area contributed by atoms with E-state index in [2.05, 4.69) is 4.98 Å². The van der Waals surface area contributed by atoms with E-state index in [9.17, 15) is 14.7 Å². The molecule has 124 valence electrons.